The van der Waals surface area contributed by atoms with Crippen molar-refractivity contribution in [3.63, 3.8) is 0 Å². The van der Waals surface area contributed by atoms with Crippen LogP contribution in [0.1, 0.15) is 594 Å². The van der Waals surface area contributed by atoms with Gasteiger partial charge in [0.2, 0.25) is 0 Å². The maximum Gasteiger partial charge on any atom is -0.00810 e. The van der Waals surface area contributed by atoms with E-state index in [-0.39, 0.29) is 401 Å². The fourth-order valence-corrected chi connectivity index (χ4v) is 15.2. The minimum absolute atomic E-state index is 0. The third-order valence-electron chi connectivity index (χ3n) is 14.1. The summed E-state index contributed by atoms with van der Waals surface area (Å²) in [7, 11) is 6.72. The standard InChI is InChI=1S/3C10H23P.3C7H17P.54CH4/c1-8(2)10(5,7-11-6)9(3)4;1-7-10(11-6,8(2)3)9(4)5;1-7-11-10(6,8(2)3)9(4)5;1-6(2)7(3)5-8-4;1-5-7(8-4)6(2)3;1-5-8-7(4)6(2)3;;;;;;;;;;;;;;;;;;;;;;;;;;;;;;;;;;;;;;;;;;;;;;;;;;;;;;/h3*8-9,11H,7H2,1-6H3;3*6-8H,5H2,1-4H3;54*1H4. The Morgan fingerprint density at radius 1 is 0.252 bits per heavy atom. The van der Waals surface area contributed by atoms with Crippen molar-refractivity contribution in [1.82, 2.24) is 0 Å². The molecule has 6 heteroatoms. The zero-order chi connectivity index (χ0) is 46.9. The van der Waals surface area contributed by atoms with E-state index in [1.807, 2.05) is 0 Å². The van der Waals surface area contributed by atoms with Gasteiger partial charge in [0.05, 0.1) is 0 Å². The molecule has 0 N–H and O–H groups in total. The molecule has 0 radical (unpaired) electrons. The van der Waals surface area contributed by atoms with E-state index in [2.05, 4.69) is 207 Å². The van der Waals surface area contributed by atoms with Crippen LogP contribution in [0.2, 0.25) is 0 Å². The lowest BCUT2D eigenvalue weighted by atomic mass is 9.72. The summed E-state index contributed by atoms with van der Waals surface area (Å²) in [6.07, 6.45) is 8.19. The highest BCUT2D eigenvalue weighted by atomic mass is 31.1. The SMILES string of the molecule is C.C.C.C.C.C.C.C.C.C.C.C.C.C.C.C.C.C.C.C.C.C.C.C.C.C.C.C.C.C.C.C.C.C.C.C.C.C.C.C.C.C.C.C.C.C.C.C.C.C.C.C.C.C.CCC(PC)(C(C)C)C(C)C.CCC(PC)C(C)C.CCPC(C)(C(C)C)C(C)C.CCPC(C)C(C)C.CPCC(C)(C(C)C)C(C)C.CPCC(C)C(C)C. The summed E-state index contributed by atoms with van der Waals surface area (Å²) in [6.45, 7) is 70.0. The van der Waals surface area contributed by atoms with Crippen molar-refractivity contribution in [2.24, 2.45) is 64.6 Å². The Kier molecular flexibility index (Phi) is 1350. The van der Waals surface area contributed by atoms with Gasteiger partial charge in [-0.3, -0.25) is 0 Å². The second-order valence-corrected chi connectivity index (χ2v) is 29.4. The maximum absolute atomic E-state index is 2.43. The minimum Gasteiger partial charge on any atom is -0.125 e. The fraction of sp³-hybridized carbons (Fsp3) is 1.00. The van der Waals surface area contributed by atoms with Crippen molar-refractivity contribution in [2.75, 3.05) is 51.3 Å². The highest BCUT2D eigenvalue weighted by Gasteiger charge is 2.33. The van der Waals surface area contributed by atoms with Crippen molar-refractivity contribution >= 4 is 51.5 Å². The van der Waals surface area contributed by atoms with Crippen LogP contribution in [-0.4, -0.2) is 72.9 Å². The smallest absolute Gasteiger partial charge is 0.00810 e. The largest absolute Gasteiger partial charge is 0.125 e. The summed E-state index contributed by atoms with van der Waals surface area (Å²) in [5.74, 6) is 8.51. The number of hydrogen-bond acceptors (Lipinski definition) is 0. The summed E-state index contributed by atoms with van der Waals surface area (Å²) < 4.78 is 0. The van der Waals surface area contributed by atoms with E-state index >= 15 is 0 Å². The molecule has 111 heavy (non-hydrogen) atoms. The molecule has 0 amide bonds. The van der Waals surface area contributed by atoms with E-state index in [4.69, 9.17) is 0 Å². The van der Waals surface area contributed by atoms with Crippen LogP contribution in [0.3, 0.4) is 0 Å². The third-order valence-corrected chi connectivity index (χ3v) is 24.5. The van der Waals surface area contributed by atoms with E-state index in [0.29, 0.717) is 15.7 Å². The Balaban J connectivity index is -0.00000000443. The second kappa shape index (κ2) is 298. The molecular formula is C105H336P6. The van der Waals surface area contributed by atoms with Gasteiger partial charge in [-0.05, 0) is 150 Å². The number of rotatable bonds is 21. The molecule has 0 bridgehead atoms. The van der Waals surface area contributed by atoms with E-state index < -0.39 is 0 Å². The second-order valence-electron chi connectivity index (χ2n) is 20.3. The first-order valence-electron chi connectivity index (χ1n) is 24.1. The van der Waals surface area contributed by atoms with Crippen molar-refractivity contribution in [2.45, 2.75) is 616 Å². The van der Waals surface area contributed by atoms with Gasteiger partial charge in [0.1, 0.15) is 0 Å². The molecule has 0 aliphatic rings. The van der Waals surface area contributed by atoms with Gasteiger partial charge in [-0.15, -0.1) is 51.5 Å². The average Bonchev–Trinajstić information content (AvgIpc) is 3.10. The quantitative estimate of drug-likeness (QED) is 0.101. The lowest BCUT2D eigenvalue weighted by Crippen LogP contribution is -2.34. The monoisotopic (exact) mass is 1780 g/mol. The summed E-state index contributed by atoms with van der Waals surface area (Å²) >= 11 is 0. The summed E-state index contributed by atoms with van der Waals surface area (Å²) in [6, 6.07) is 0. The molecule has 0 aromatic heterocycles. The summed E-state index contributed by atoms with van der Waals surface area (Å²) in [4.78, 5) is 0. The van der Waals surface area contributed by atoms with Crippen LogP contribution in [0.5, 0.6) is 0 Å². The molecule has 9 unspecified atom stereocenters. The molecule has 0 saturated carbocycles. The van der Waals surface area contributed by atoms with Crippen LogP contribution in [0.15, 0.2) is 0 Å². The van der Waals surface area contributed by atoms with Crippen LogP contribution in [0, 0.1) is 64.6 Å². The Morgan fingerprint density at radius 2 is 0.468 bits per heavy atom. The zero-order valence-electron chi connectivity index (χ0n) is 45.7. The molecule has 0 heterocycles. The molecular weight excluding hydrogens is 1450 g/mol. The van der Waals surface area contributed by atoms with E-state index in [1.54, 1.807) is 0 Å². The molecule has 786 valence electrons. The zero-order valence-corrected chi connectivity index (χ0v) is 51.7. The highest BCUT2D eigenvalue weighted by Crippen LogP contribution is 2.45. The Morgan fingerprint density at radius 3 is 0.505 bits per heavy atom. The van der Waals surface area contributed by atoms with Gasteiger partial charge in [0.15, 0.2) is 0 Å². The average molecular weight is 1790 g/mol. The molecule has 0 aromatic rings. The van der Waals surface area contributed by atoms with Crippen LogP contribution >= 0.6 is 51.5 Å². The molecule has 9 atom stereocenters. The van der Waals surface area contributed by atoms with Crippen molar-refractivity contribution in [3.8, 4) is 0 Å². The van der Waals surface area contributed by atoms with Gasteiger partial charge in [0, 0.05) is 0 Å². The minimum atomic E-state index is 0. The highest BCUT2D eigenvalue weighted by molar-refractivity contribution is 7.40. The van der Waals surface area contributed by atoms with Crippen molar-refractivity contribution in [1.29, 1.82) is 0 Å². The first-order chi connectivity index (χ1) is 26.0. The van der Waals surface area contributed by atoms with Gasteiger partial charge >= 0.3 is 0 Å². The first kappa shape index (κ1) is 501. The topological polar surface area (TPSA) is 0 Å². The van der Waals surface area contributed by atoms with E-state index in [9.17, 15) is 0 Å². The van der Waals surface area contributed by atoms with Gasteiger partial charge in [0.25, 0.3) is 0 Å². The van der Waals surface area contributed by atoms with Crippen molar-refractivity contribution < 1.29 is 0 Å². The molecule has 0 saturated heterocycles. The predicted molar refractivity (Wildman–Crippen MR) is 664 cm³/mol. The molecule has 0 aromatic carbocycles. The van der Waals surface area contributed by atoms with E-state index in [1.165, 1.54) is 46.1 Å². The van der Waals surface area contributed by atoms with Crippen LogP contribution < -0.4 is 0 Å². The maximum atomic E-state index is 2.43. The molecule has 0 rings (SSSR count). The Labute approximate surface area is 778 Å². The third kappa shape index (κ3) is 247. The number of hydrogen-bond donors (Lipinski definition) is 0. The lowest BCUT2D eigenvalue weighted by Gasteiger charge is -2.40. The first-order valence-corrected chi connectivity index (χ1v) is 33.1. The predicted octanol–water partition coefficient (Wildman–Crippen LogP) is 53.5. The summed E-state index contributed by atoms with van der Waals surface area (Å²) in [5, 5.41) is 1.19. The van der Waals surface area contributed by atoms with Crippen LogP contribution in [-0.2, 0) is 0 Å². The molecule has 0 aliphatic carbocycles. The normalized spacial score (nSPS) is 7.70. The molecule has 0 aliphatic heterocycles. The Bertz CT molecular complexity index is 730. The molecule has 0 nitrogen and oxygen atoms in total. The van der Waals surface area contributed by atoms with Gasteiger partial charge in [-0.2, -0.15) is 0 Å². The van der Waals surface area contributed by atoms with Crippen LogP contribution in [0.4, 0.5) is 0 Å². The van der Waals surface area contributed by atoms with Gasteiger partial charge in [-0.25, -0.2) is 0 Å². The van der Waals surface area contributed by atoms with Crippen molar-refractivity contribution in [3.05, 3.63) is 0 Å². The molecule has 0 fully saturated rings. The van der Waals surface area contributed by atoms with Gasteiger partial charge < -0.3 is 0 Å². The fourth-order valence-electron chi connectivity index (χ4n) is 7.27. The summed E-state index contributed by atoms with van der Waals surface area (Å²) in [5.41, 5.74) is 2.49. The molecule has 0 spiro atoms. The van der Waals surface area contributed by atoms with E-state index in [0.717, 1.165) is 113 Å². The Hall–Kier alpha value is 2.58. The van der Waals surface area contributed by atoms with Gasteiger partial charge in [-0.1, -0.05) is 581 Å². The van der Waals surface area contributed by atoms with Crippen LogP contribution in [0.25, 0.3) is 0 Å². The lowest BCUT2D eigenvalue weighted by molar-refractivity contribution is 0.171.